The Bertz CT molecular complexity index is 1210. The number of hydrogen-bond donors (Lipinski definition) is 0. The highest BCUT2D eigenvalue weighted by Crippen LogP contribution is 2.39. The molecule has 1 saturated heterocycles. The Morgan fingerprint density at radius 3 is 2.60 bits per heavy atom. The van der Waals surface area contributed by atoms with Crippen LogP contribution in [0.4, 0.5) is 5.69 Å². The van der Waals surface area contributed by atoms with Crippen LogP contribution in [-0.2, 0) is 9.59 Å². The number of fused-ring (bicyclic) bond motifs is 1. The summed E-state index contributed by atoms with van der Waals surface area (Å²) in [5.41, 5.74) is 1.50. The molecule has 1 amide bonds. The van der Waals surface area contributed by atoms with Crippen molar-refractivity contribution in [2.24, 2.45) is 0 Å². The monoisotopic (exact) mass is 435 g/mol. The van der Waals surface area contributed by atoms with E-state index in [1.54, 1.807) is 29.2 Å². The molecule has 1 aliphatic heterocycles. The Hall–Kier alpha value is -3.16. The van der Waals surface area contributed by atoms with Crippen LogP contribution in [0.25, 0.3) is 16.8 Å². The van der Waals surface area contributed by atoms with E-state index in [0.717, 1.165) is 22.0 Å². The number of methoxy groups -OCH3 is 1. The highest BCUT2D eigenvalue weighted by atomic mass is 32.2. The van der Waals surface area contributed by atoms with Gasteiger partial charge in [-0.05, 0) is 35.2 Å². The number of carbonyl (C=O) groups excluding carboxylic acids is 2. The van der Waals surface area contributed by atoms with E-state index in [2.05, 4.69) is 0 Å². The van der Waals surface area contributed by atoms with Crippen molar-refractivity contribution in [3.8, 4) is 11.5 Å². The molecule has 0 N–H and O–H groups in total. The van der Waals surface area contributed by atoms with Crippen LogP contribution in [0.3, 0.4) is 0 Å². The van der Waals surface area contributed by atoms with E-state index in [0.29, 0.717) is 20.7 Å². The normalized spacial score (nSPS) is 15.1. The van der Waals surface area contributed by atoms with Gasteiger partial charge in [-0.1, -0.05) is 66.4 Å². The molecule has 1 fully saturated rings. The number of anilines is 1. The first kappa shape index (κ1) is 20.1. The molecule has 5 nitrogen and oxygen atoms in total. The summed E-state index contributed by atoms with van der Waals surface area (Å²) in [6.07, 6.45) is 1.75. The molecule has 0 aromatic heterocycles. The van der Waals surface area contributed by atoms with Gasteiger partial charge in [0.15, 0.2) is 15.8 Å². The number of amides is 1. The molecule has 0 bridgehead atoms. The molecular weight excluding hydrogens is 418 g/mol. The van der Waals surface area contributed by atoms with Crippen LogP contribution in [0.5, 0.6) is 11.5 Å². The molecule has 0 saturated carbocycles. The number of thiocarbonyl (C=S) groups is 1. The Balaban J connectivity index is 1.69. The second-order valence-electron chi connectivity index (χ2n) is 6.52. The van der Waals surface area contributed by atoms with Crippen molar-refractivity contribution in [1.82, 2.24) is 0 Å². The smallest absolute Gasteiger partial charge is 0.308 e. The number of esters is 1. The summed E-state index contributed by atoms with van der Waals surface area (Å²) < 4.78 is 10.9. The van der Waals surface area contributed by atoms with E-state index in [1.165, 1.54) is 25.8 Å². The fraction of sp³-hybridized carbons (Fsp3) is 0.0870. The molecular formula is C23H17NO4S2. The maximum absolute atomic E-state index is 13.2. The molecule has 1 heterocycles. The third kappa shape index (κ3) is 3.81. The minimum Gasteiger partial charge on any atom is -0.493 e. The summed E-state index contributed by atoms with van der Waals surface area (Å²) >= 11 is 6.77. The zero-order chi connectivity index (χ0) is 21.3. The molecule has 4 rings (SSSR count). The summed E-state index contributed by atoms with van der Waals surface area (Å²) in [6, 6.07) is 18.8. The lowest BCUT2D eigenvalue weighted by Gasteiger charge is -2.17. The Morgan fingerprint density at radius 1 is 1.07 bits per heavy atom. The summed E-state index contributed by atoms with van der Waals surface area (Å²) in [5.74, 6) is 0.121. The molecule has 0 spiro atoms. The summed E-state index contributed by atoms with van der Waals surface area (Å²) in [6.45, 7) is 1.33. The van der Waals surface area contributed by atoms with Crippen molar-refractivity contribution >= 4 is 62.7 Å². The van der Waals surface area contributed by atoms with Gasteiger partial charge in [0.25, 0.3) is 5.91 Å². The van der Waals surface area contributed by atoms with Crippen LogP contribution in [0.15, 0.2) is 65.6 Å². The lowest BCUT2D eigenvalue weighted by atomic mass is 10.1. The van der Waals surface area contributed by atoms with Crippen molar-refractivity contribution in [1.29, 1.82) is 0 Å². The number of carbonyl (C=O) groups is 2. The average molecular weight is 436 g/mol. The second kappa shape index (κ2) is 8.30. The highest BCUT2D eigenvalue weighted by molar-refractivity contribution is 8.27. The molecule has 0 unspecified atom stereocenters. The fourth-order valence-corrected chi connectivity index (χ4v) is 4.53. The van der Waals surface area contributed by atoms with Crippen molar-refractivity contribution < 1.29 is 19.1 Å². The van der Waals surface area contributed by atoms with Crippen LogP contribution in [-0.4, -0.2) is 23.3 Å². The summed E-state index contributed by atoms with van der Waals surface area (Å²) in [4.78, 5) is 26.5. The molecule has 150 valence electrons. The van der Waals surface area contributed by atoms with E-state index in [4.69, 9.17) is 21.7 Å². The van der Waals surface area contributed by atoms with Gasteiger partial charge in [0, 0.05) is 12.3 Å². The molecule has 3 aromatic rings. The van der Waals surface area contributed by atoms with Gasteiger partial charge < -0.3 is 9.47 Å². The van der Waals surface area contributed by atoms with Crippen LogP contribution in [0.2, 0.25) is 0 Å². The molecule has 30 heavy (non-hydrogen) atoms. The zero-order valence-corrected chi connectivity index (χ0v) is 17.9. The van der Waals surface area contributed by atoms with Gasteiger partial charge in [-0.15, -0.1) is 0 Å². The summed E-state index contributed by atoms with van der Waals surface area (Å²) in [7, 11) is 1.49. The molecule has 3 aromatic carbocycles. The fourth-order valence-electron chi connectivity index (χ4n) is 3.24. The van der Waals surface area contributed by atoms with Gasteiger partial charge >= 0.3 is 5.97 Å². The first-order valence-electron chi connectivity index (χ1n) is 9.10. The standard InChI is InChI=1S/C23H17NO4S2/c1-14(25)28-19-11-10-15(12-20(19)27-2)13-21-22(26)24(23(29)30-21)18-9-5-7-16-6-3-4-8-17(16)18/h3-13H,1-2H3/b21-13+. The van der Waals surface area contributed by atoms with Gasteiger partial charge in [0.2, 0.25) is 0 Å². The Labute approximate surface area is 183 Å². The maximum Gasteiger partial charge on any atom is 0.308 e. The molecule has 0 radical (unpaired) electrons. The number of benzene rings is 3. The number of thioether (sulfide) groups is 1. The van der Waals surface area contributed by atoms with E-state index in [9.17, 15) is 9.59 Å². The largest absolute Gasteiger partial charge is 0.493 e. The van der Waals surface area contributed by atoms with Crippen molar-refractivity contribution in [2.75, 3.05) is 12.0 Å². The van der Waals surface area contributed by atoms with Gasteiger partial charge in [0.05, 0.1) is 17.7 Å². The molecule has 0 aliphatic carbocycles. The van der Waals surface area contributed by atoms with Crippen molar-refractivity contribution in [3.05, 3.63) is 71.1 Å². The predicted molar refractivity (Wildman–Crippen MR) is 124 cm³/mol. The third-order valence-electron chi connectivity index (χ3n) is 4.54. The average Bonchev–Trinajstić information content (AvgIpc) is 3.01. The third-order valence-corrected chi connectivity index (χ3v) is 5.84. The van der Waals surface area contributed by atoms with Gasteiger partial charge in [-0.3, -0.25) is 14.5 Å². The Morgan fingerprint density at radius 2 is 1.83 bits per heavy atom. The van der Waals surface area contributed by atoms with Crippen molar-refractivity contribution in [2.45, 2.75) is 6.92 Å². The lowest BCUT2D eigenvalue weighted by molar-refractivity contribution is -0.132. The second-order valence-corrected chi connectivity index (χ2v) is 8.20. The minimum absolute atomic E-state index is 0.176. The number of rotatable bonds is 4. The van der Waals surface area contributed by atoms with E-state index >= 15 is 0 Å². The van der Waals surface area contributed by atoms with Crippen LogP contribution in [0.1, 0.15) is 12.5 Å². The van der Waals surface area contributed by atoms with Crippen molar-refractivity contribution in [3.63, 3.8) is 0 Å². The van der Waals surface area contributed by atoms with E-state index in [-0.39, 0.29) is 5.91 Å². The lowest BCUT2D eigenvalue weighted by Crippen LogP contribution is -2.27. The number of nitrogens with zero attached hydrogens (tertiary/aromatic N) is 1. The van der Waals surface area contributed by atoms with E-state index < -0.39 is 5.97 Å². The first-order chi connectivity index (χ1) is 14.5. The van der Waals surface area contributed by atoms with Crippen LogP contribution < -0.4 is 14.4 Å². The molecule has 1 aliphatic rings. The molecule has 7 heteroatoms. The quantitative estimate of drug-likeness (QED) is 0.244. The first-order valence-corrected chi connectivity index (χ1v) is 10.3. The topological polar surface area (TPSA) is 55.8 Å². The van der Waals surface area contributed by atoms with Gasteiger partial charge in [0.1, 0.15) is 0 Å². The zero-order valence-electron chi connectivity index (χ0n) is 16.2. The number of hydrogen-bond acceptors (Lipinski definition) is 6. The predicted octanol–water partition coefficient (Wildman–Crippen LogP) is 5.18. The van der Waals surface area contributed by atoms with E-state index in [1.807, 2.05) is 42.5 Å². The van der Waals surface area contributed by atoms with Crippen LogP contribution in [0, 0.1) is 0 Å². The van der Waals surface area contributed by atoms with Gasteiger partial charge in [-0.2, -0.15) is 0 Å². The van der Waals surface area contributed by atoms with Gasteiger partial charge in [-0.25, -0.2) is 0 Å². The maximum atomic E-state index is 13.2. The highest BCUT2D eigenvalue weighted by Gasteiger charge is 2.34. The Kier molecular flexibility index (Phi) is 5.57. The minimum atomic E-state index is -0.433. The number of ether oxygens (including phenoxy) is 2. The van der Waals surface area contributed by atoms with Crippen LogP contribution >= 0.6 is 24.0 Å². The SMILES string of the molecule is COc1cc(/C=C2/SC(=S)N(c3cccc4ccccc34)C2=O)ccc1OC(C)=O. The molecule has 0 atom stereocenters. The summed E-state index contributed by atoms with van der Waals surface area (Å²) in [5, 5.41) is 2.00.